The molecule has 1 atom stereocenters. The van der Waals surface area contributed by atoms with Gasteiger partial charge in [-0.2, -0.15) is 0 Å². The van der Waals surface area contributed by atoms with Crippen LogP contribution in [0, 0.1) is 0 Å². The molecule has 1 rings (SSSR count). The smallest absolute Gasteiger partial charge is 0.120 e. The van der Waals surface area contributed by atoms with Crippen molar-refractivity contribution in [1.82, 2.24) is 5.32 Å². The lowest BCUT2D eigenvalue weighted by atomic mass is 10.4. The Kier molecular flexibility index (Phi) is 1.08. The maximum absolute atomic E-state index is 8.56. The van der Waals surface area contributed by atoms with Gasteiger partial charge >= 0.3 is 0 Å². The van der Waals surface area contributed by atoms with E-state index in [1.807, 2.05) is 0 Å². The summed E-state index contributed by atoms with van der Waals surface area (Å²) in [6.45, 7) is 0.862. The predicted molar refractivity (Wildman–Crippen MR) is 22.2 cm³/mol. The quantitative estimate of drug-likeness (QED) is 0.431. The summed E-state index contributed by atoms with van der Waals surface area (Å²) in [5.41, 5.74) is 0. The van der Waals surface area contributed by atoms with Crippen molar-refractivity contribution in [3.8, 4) is 0 Å². The largest absolute Gasteiger partial charge is 0.377 e. The molecule has 0 aromatic carbocycles. The van der Waals surface area contributed by atoms with Gasteiger partial charge in [-0.3, -0.25) is 0 Å². The van der Waals surface area contributed by atoms with E-state index >= 15 is 0 Å². The molecule has 0 unspecified atom stereocenters. The molecule has 0 amide bonds. The second kappa shape index (κ2) is 1.58. The summed E-state index contributed by atoms with van der Waals surface area (Å²) < 4.78 is 0. The molecule has 6 heavy (non-hydrogen) atoms. The summed E-state index contributed by atoms with van der Waals surface area (Å²) >= 11 is 0. The van der Waals surface area contributed by atoms with Crippen molar-refractivity contribution in [2.45, 2.75) is 19.1 Å². The molecule has 1 radical (unpaired) electrons. The van der Waals surface area contributed by atoms with Gasteiger partial charge in [-0.25, -0.2) is 5.32 Å². The molecule has 1 aliphatic rings. The van der Waals surface area contributed by atoms with Crippen LogP contribution in [0.5, 0.6) is 0 Å². The van der Waals surface area contributed by atoms with Crippen LogP contribution in [0.3, 0.4) is 0 Å². The van der Waals surface area contributed by atoms with Gasteiger partial charge < -0.3 is 5.11 Å². The molecule has 0 aliphatic carbocycles. The summed E-state index contributed by atoms with van der Waals surface area (Å²) in [5, 5.41) is 12.4. The van der Waals surface area contributed by atoms with Crippen molar-refractivity contribution in [2.75, 3.05) is 6.54 Å². The molecule has 2 nitrogen and oxygen atoms in total. The minimum atomic E-state index is -0.329. The second-order valence-electron chi connectivity index (χ2n) is 1.53. The zero-order chi connectivity index (χ0) is 4.41. The van der Waals surface area contributed by atoms with Crippen LogP contribution < -0.4 is 5.32 Å². The number of nitrogens with zero attached hydrogens (tertiary/aromatic N) is 1. The third kappa shape index (κ3) is 0.698. The summed E-state index contributed by atoms with van der Waals surface area (Å²) in [6, 6.07) is 0. The lowest BCUT2D eigenvalue weighted by Crippen LogP contribution is -2.11. The fraction of sp³-hybridized carbons (Fsp3) is 1.00. The highest BCUT2D eigenvalue weighted by molar-refractivity contribution is 4.61. The molecule has 0 aromatic rings. The molecule has 0 saturated carbocycles. The van der Waals surface area contributed by atoms with Gasteiger partial charge in [0.1, 0.15) is 6.23 Å². The Bertz CT molecular complexity index is 40.8. The first-order chi connectivity index (χ1) is 2.89. The molecular formula is C4H8NO. The molecule has 1 heterocycles. The minimum Gasteiger partial charge on any atom is -0.377 e. The van der Waals surface area contributed by atoms with E-state index in [2.05, 4.69) is 5.32 Å². The van der Waals surface area contributed by atoms with Crippen LogP contribution in [0.25, 0.3) is 0 Å². The average molecular weight is 86.1 g/mol. The van der Waals surface area contributed by atoms with E-state index in [4.69, 9.17) is 5.11 Å². The zero-order valence-corrected chi connectivity index (χ0v) is 3.59. The summed E-state index contributed by atoms with van der Waals surface area (Å²) in [6.07, 6.45) is 1.62. The molecule has 1 saturated heterocycles. The molecule has 35 valence electrons. The fourth-order valence-electron chi connectivity index (χ4n) is 0.605. The van der Waals surface area contributed by atoms with Gasteiger partial charge in [0.05, 0.1) is 0 Å². The van der Waals surface area contributed by atoms with Crippen LogP contribution in [0.15, 0.2) is 0 Å². The van der Waals surface area contributed by atoms with E-state index < -0.39 is 0 Å². The molecule has 0 spiro atoms. The van der Waals surface area contributed by atoms with Crippen LogP contribution in [0.4, 0.5) is 0 Å². The van der Waals surface area contributed by atoms with Gasteiger partial charge in [-0.05, 0) is 12.8 Å². The second-order valence-corrected chi connectivity index (χ2v) is 1.53. The molecule has 0 aromatic heterocycles. The lowest BCUT2D eigenvalue weighted by molar-refractivity contribution is 0.157. The first-order valence-corrected chi connectivity index (χ1v) is 2.24. The van der Waals surface area contributed by atoms with Crippen LogP contribution in [-0.2, 0) is 0 Å². The number of hydrogen-bond donors (Lipinski definition) is 1. The molecule has 0 bridgehead atoms. The SMILES string of the molecule is O[C@H]1CCC[N]1. The number of aliphatic hydroxyl groups is 1. The third-order valence-corrected chi connectivity index (χ3v) is 0.960. The Balaban J connectivity index is 2.18. The zero-order valence-electron chi connectivity index (χ0n) is 3.59. The summed E-state index contributed by atoms with van der Waals surface area (Å²) in [7, 11) is 0. The molecule has 1 aliphatic heterocycles. The van der Waals surface area contributed by atoms with Gasteiger partial charge in [0.15, 0.2) is 0 Å². The van der Waals surface area contributed by atoms with Gasteiger partial charge in [0.2, 0.25) is 0 Å². The molecule has 1 N–H and O–H groups in total. The van der Waals surface area contributed by atoms with Crippen molar-refractivity contribution in [3.63, 3.8) is 0 Å². The Morgan fingerprint density at radius 2 is 2.50 bits per heavy atom. The van der Waals surface area contributed by atoms with E-state index in [1.54, 1.807) is 0 Å². The normalized spacial score (nSPS) is 34.5. The van der Waals surface area contributed by atoms with Crippen molar-refractivity contribution in [3.05, 3.63) is 0 Å². The Morgan fingerprint density at radius 3 is 2.67 bits per heavy atom. The maximum Gasteiger partial charge on any atom is 0.120 e. The van der Waals surface area contributed by atoms with E-state index in [-0.39, 0.29) is 6.23 Å². The topological polar surface area (TPSA) is 34.3 Å². The van der Waals surface area contributed by atoms with Crippen molar-refractivity contribution >= 4 is 0 Å². The Hall–Kier alpha value is -0.0800. The standard InChI is InChI=1S/C4H8NO/c6-4-2-1-3-5-4/h4,6H,1-3H2/t4-/m0/s1. The molecular weight excluding hydrogens is 78.0 g/mol. The average Bonchev–Trinajstić information content (AvgIpc) is 1.86. The Labute approximate surface area is 37.2 Å². The van der Waals surface area contributed by atoms with Crippen molar-refractivity contribution in [2.24, 2.45) is 0 Å². The number of hydrogen-bond acceptors (Lipinski definition) is 1. The Morgan fingerprint density at radius 1 is 1.67 bits per heavy atom. The van der Waals surface area contributed by atoms with E-state index in [0.717, 1.165) is 19.4 Å². The van der Waals surface area contributed by atoms with Crippen molar-refractivity contribution < 1.29 is 5.11 Å². The number of aliphatic hydroxyl groups excluding tert-OH is 1. The van der Waals surface area contributed by atoms with Crippen molar-refractivity contribution in [1.29, 1.82) is 0 Å². The van der Waals surface area contributed by atoms with Crippen LogP contribution >= 0.6 is 0 Å². The van der Waals surface area contributed by atoms with Gasteiger partial charge in [0, 0.05) is 6.54 Å². The van der Waals surface area contributed by atoms with Gasteiger partial charge in [0.25, 0.3) is 0 Å². The highest BCUT2D eigenvalue weighted by Gasteiger charge is 2.09. The highest BCUT2D eigenvalue weighted by Crippen LogP contribution is 2.01. The summed E-state index contributed by atoms with van der Waals surface area (Å²) in [4.78, 5) is 0. The minimum absolute atomic E-state index is 0.329. The van der Waals surface area contributed by atoms with E-state index in [1.165, 1.54) is 0 Å². The number of rotatable bonds is 0. The van der Waals surface area contributed by atoms with Crippen LogP contribution in [0.1, 0.15) is 12.8 Å². The first-order valence-electron chi connectivity index (χ1n) is 2.24. The first kappa shape index (κ1) is 4.09. The summed E-state index contributed by atoms with van der Waals surface area (Å²) in [5.74, 6) is 0. The highest BCUT2D eigenvalue weighted by atomic mass is 16.3. The van der Waals surface area contributed by atoms with Gasteiger partial charge in [-0.1, -0.05) is 0 Å². The maximum atomic E-state index is 8.56. The van der Waals surface area contributed by atoms with Crippen LogP contribution in [0.2, 0.25) is 0 Å². The predicted octanol–water partition coefficient (Wildman–Crippen LogP) is -0.297. The van der Waals surface area contributed by atoms with Gasteiger partial charge in [-0.15, -0.1) is 0 Å². The lowest BCUT2D eigenvalue weighted by Gasteiger charge is -1.91. The van der Waals surface area contributed by atoms with E-state index in [9.17, 15) is 0 Å². The monoisotopic (exact) mass is 86.1 g/mol. The fourth-order valence-corrected chi connectivity index (χ4v) is 0.605. The molecule has 2 heteroatoms. The third-order valence-electron chi connectivity index (χ3n) is 0.960. The van der Waals surface area contributed by atoms with E-state index in [0.29, 0.717) is 0 Å². The van der Waals surface area contributed by atoms with Crippen LogP contribution in [-0.4, -0.2) is 17.9 Å². The molecule has 1 fully saturated rings.